The molecule has 2 amide bonds. The standard InChI is InChI=1S/C23H32N2O4/c1-15-13-16(2)21(17(3)14-15)25-23(28)19-10-6-5-9-18(19)22(27)24-12-8-7-11-20(26)29-4/h7,11,13-14,18-19H,5-6,8-10,12H2,1-4H3,(H,24,27)(H,25,28)/b11-7+. The molecule has 2 N–H and O–H groups in total. The van der Waals surface area contributed by atoms with Crippen LogP contribution in [0.3, 0.4) is 0 Å². The lowest BCUT2D eigenvalue weighted by atomic mass is 9.78. The fourth-order valence-corrected chi connectivity index (χ4v) is 4.01. The van der Waals surface area contributed by atoms with E-state index in [1.807, 2.05) is 20.8 Å². The molecule has 1 aromatic carbocycles. The molecule has 6 nitrogen and oxygen atoms in total. The summed E-state index contributed by atoms with van der Waals surface area (Å²) < 4.78 is 4.53. The number of benzene rings is 1. The van der Waals surface area contributed by atoms with Crippen molar-refractivity contribution in [2.24, 2.45) is 11.8 Å². The van der Waals surface area contributed by atoms with Crippen molar-refractivity contribution in [1.29, 1.82) is 0 Å². The average molecular weight is 401 g/mol. The summed E-state index contributed by atoms with van der Waals surface area (Å²) in [7, 11) is 1.32. The van der Waals surface area contributed by atoms with Gasteiger partial charge in [-0.1, -0.05) is 36.6 Å². The molecule has 1 aromatic rings. The Morgan fingerprint density at radius 1 is 1.03 bits per heavy atom. The minimum Gasteiger partial charge on any atom is -0.466 e. The molecule has 0 heterocycles. The van der Waals surface area contributed by atoms with Crippen LogP contribution in [0.2, 0.25) is 0 Å². The van der Waals surface area contributed by atoms with Gasteiger partial charge in [-0.2, -0.15) is 0 Å². The minimum atomic E-state index is -0.415. The molecule has 1 saturated carbocycles. The van der Waals surface area contributed by atoms with Crippen molar-refractivity contribution in [2.75, 3.05) is 19.0 Å². The largest absolute Gasteiger partial charge is 0.466 e. The maximum Gasteiger partial charge on any atom is 0.330 e. The van der Waals surface area contributed by atoms with E-state index in [9.17, 15) is 14.4 Å². The van der Waals surface area contributed by atoms with Gasteiger partial charge in [0.25, 0.3) is 0 Å². The Labute approximate surface area is 173 Å². The maximum atomic E-state index is 13.0. The Bertz CT molecular complexity index is 762. The van der Waals surface area contributed by atoms with E-state index in [0.717, 1.165) is 41.6 Å². The van der Waals surface area contributed by atoms with Crippen molar-refractivity contribution < 1.29 is 19.1 Å². The third-order valence-electron chi connectivity index (χ3n) is 5.43. The smallest absolute Gasteiger partial charge is 0.330 e. The predicted octanol–water partition coefficient (Wildman–Crippen LogP) is 3.59. The molecule has 2 rings (SSSR count). The van der Waals surface area contributed by atoms with Crippen LogP contribution in [-0.2, 0) is 19.1 Å². The summed E-state index contributed by atoms with van der Waals surface area (Å²) in [5.74, 6) is -1.23. The topological polar surface area (TPSA) is 84.5 Å². The Hall–Kier alpha value is -2.63. The summed E-state index contributed by atoms with van der Waals surface area (Å²) in [6.07, 6.45) is 6.88. The molecule has 0 radical (unpaired) electrons. The Balaban J connectivity index is 1.98. The third kappa shape index (κ3) is 6.44. The number of carbonyl (C=O) groups is 3. The van der Waals surface area contributed by atoms with Crippen molar-refractivity contribution in [3.05, 3.63) is 41.0 Å². The molecular weight excluding hydrogens is 368 g/mol. The van der Waals surface area contributed by atoms with Gasteiger partial charge in [-0.05, 0) is 51.2 Å². The van der Waals surface area contributed by atoms with E-state index in [1.54, 1.807) is 6.08 Å². The first-order chi connectivity index (χ1) is 13.8. The first kappa shape index (κ1) is 22.7. The van der Waals surface area contributed by atoms with E-state index in [4.69, 9.17) is 0 Å². The molecule has 0 saturated heterocycles. The van der Waals surface area contributed by atoms with Crippen molar-refractivity contribution >= 4 is 23.5 Å². The van der Waals surface area contributed by atoms with Gasteiger partial charge in [-0.15, -0.1) is 0 Å². The normalized spacial score (nSPS) is 19.0. The van der Waals surface area contributed by atoms with Crippen molar-refractivity contribution in [3.8, 4) is 0 Å². The molecular formula is C23H32N2O4. The van der Waals surface area contributed by atoms with E-state index in [1.165, 1.54) is 13.2 Å². The van der Waals surface area contributed by atoms with E-state index < -0.39 is 5.97 Å². The van der Waals surface area contributed by atoms with Gasteiger partial charge in [0.15, 0.2) is 0 Å². The molecule has 1 aliphatic rings. The number of ether oxygens (including phenoxy) is 1. The number of anilines is 1. The molecule has 158 valence electrons. The summed E-state index contributed by atoms with van der Waals surface area (Å²) in [5, 5.41) is 5.97. The summed E-state index contributed by atoms with van der Waals surface area (Å²) in [4.78, 5) is 36.7. The van der Waals surface area contributed by atoms with Crippen LogP contribution in [-0.4, -0.2) is 31.4 Å². The molecule has 1 fully saturated rings. The highest BCUT2D eigenvalue weighted by Crippen LogP contribution is 2.32. The second kappa shape index (κ2) is 10.8. The molecule has 0 bridgehead atoms. The van der Waals surface area contributed by atoms with Crippen LogP contribution < -0.4 is 10.6 Å². The predicted molar refractivity (Wildman–Crippen MR) is 114 cm³/mol. The second-order valence-corrected chi connectivity index (χ2v) is 7.77. The van der Waals surface area contributed by atoms with Gasteiger partial charge in [-0.3, -0.25) is 9.59 Å². The summed E-state index contributed by atoms with van der Waals surface area (Å²) in [6, 6.07) is 4.10. The maximum absolute atomic E-state index is 13.0. The van der Waals surface area contributed by atoms with E-state index in [0.29, 0.717) is 19.4 Å². The lowest BCUT2D eigenvalue weighted by Crippen LogP contribution is -2.42. The first-order valence-electron chi connectivity index (χ1n) is 10.2. The lowest BCUT2D eigenvalue weighted by molar-refractivity contribution is -0.134. The molecule has 2 atom stereocenters. The number of aryl methyl sites for hydroxylation is 3. The van der Waals surface area contributed by atoms with Gasteiger partial charge in [0.05, 0.1) is 7.11 Å². The third-order valence-corrected chi connectivity index (χ3v) is 5.43. The van der Waals surface area contributed by atoms with E-state index in [-0.39, 0.29) is 23.7 Å². The average Bonchev–Trinajstić information content (AvgIpc) is 2.69. The molecule has 29 heavy (non-hydrogen) atoms. The molecule has 0 spiro atoms. The molecule has 0 aliphatic heterocycles. The summed E-state index contributed by atoms with van der Waals surface area (Å²) in [5.41, 5.74) is 4.07. The number of esters is 1. The number of rotatable bonds is 7. The first-order valence-corrected chi connectivity index (χ1v) is 10.2. The van der Waals surface area contributed by atoms with Gasteiger partial charge in [0, 0.05) is 30.1 Å². The quantitative estimate of drug-likeness (QED) is 0.416. The fourth-order valence-electron chi connectivity index (χ4n) is 4.01. The Kier molecular flexibility index (Phi) is 8.43. The highest BCUT2D eigenvalue weighted by molar-refractivity contribution is 5.97. The van der Waals surface area contributed by atoms with Crippen LogP contribution >= 0.6 is 0 Å². The zero-order valence-corrected chi connectivity index (χ0v) is 17.8. The number of hydrogen-bond acceptors (Lipinski definition) is 4. The number of hydrogen-bond donors (Lipinski definition) is 2. The summed E-state index contributed by atoms with van der Waals surface area (Å²) >= 11 is 0. The second-order valence-electron chi connectivity index (χ2n) is 7.77. The zero-order chi connectivity index (χ0) is 21.4. The van der Waals surface area contributed by atoms with E-state index in [2.05, 4.69) is 27.5 Å². The van der Waals surface area contributed by atoms with Gasteiger partial charge < -0.3 is 15.4 Å². The number of amides is 2. The SMILES string of the molecule is COC(=O)/C=C/CCNC(=O)C1CCCCC1C(=O)Nc1c(C)cc(C)cc1C. The number of nitrogens with one attached hydrogen (secondary N) is 2. The van der Waals surface area contributed by atoms with Crippen LogP contribution in [0.1, 0.15) is 48.8 Å². The monoisotopic (exact) mass is 400 g/mol. The van der Waals surface area contributed by atoms with Gasteiger partial charge in [0.2, 0.25) is 11.8 Å². The summed E-state index contributed by atoms with van der Waals surface area (Å²) in [6.45, 7) is 6.44. The lowest BCUT2D eigenvalue weighted by Gasteiger charge is -2.30. The van der Waals surface area contributed by atoms with Gasteiger partial charge >= 0.3 is 5.97 Å². The number of carbonyl (C=O) groups excluding carboxylic acids is 3. The minimum absolute atomic E-state index is 0.0782. The molecule has 2 unspecified atom stereocenters. The van der Waals surface area contributed by atoms with Crippen LogP contribution in [0, 0.1) is 32.6 Å². The van der Waals surface area contributed by atoms with Gasteiger partial charge in [-0.25, -0.2) is 4.79 Å². The van der Waals surface area contributed by atoms with Crippen LogP contribution in [0.4, 0.5) is 5.69 Å². The van der Waals surface area contributed by atoms with Crippen molar-refractivity contribution in [2.45, 2.75) is 52.9 Å². The van der Waals surface area contributed by atoms with Crippen LogP contribution in [0.15, 0.2) is 24.3 Å². The molecule has 1 aliphatic carbocycles. The Morgan fingerprint density at radius 2 is 1.62 bits per heavy atom. The molecule has 6 heteroatoms. The van der Waals surface area contributed by atoms with E-state index >= 15 is 0 Å². The van der Waals surface area contributed by atoms with Gasteiger partial charge in [0.1, 0.15) is 0 Å². The van der Waals surface area contributed by atoms with Crippen LogP contribution in [0.25, 0.3) is 0 Å². The zero-order valence-electron chi connectivity index (χ0n) is 17.8. The highest BCUT2D eigenvalue weighted by Gasteiger charge is 2.35. The fraction of sp³-hybridized carbons (Fsp3) is 0.522. The van der Waals surface area contributed by atoms with Crippen molar-refractivity contribution in [3.63, 3.8) is 0 Å². The highest BCUT2D eigenvalue weighted by atomic mass is 16.5. The Morgan fingerprint density at radius 3 is 2.21 bits per heavy atom. The van der Waals surface area contributed by atoms with Crippen molar-refractivity contribution in [1.82, 2.24) is 5.32 Å². The molecule has 0 aromatic heterocycles. The van der Waals surface area contributed by atoms with Crippen LogP contribution in [0.5, 0.6) is 0 Å². The number of methoxy groups -OCH3 is 1.